The van der Waals surface area contributed by atoms with Gasteiger partial charge in [-0.2, -0.15) is 0 Å². The summed E-state index contributed by atoms with van der Waals surface area (Å²) in [6, 6.07) is 7.78. The molecule has 5 nitrogen and oxygen atoms in total. The van der Waals surface area contributed by atoms with Gasteiger partial charge in [-0.3, -0.25) is 9.59 Å². The van der Waals surface area contributed by atoms with Crippen molar-refractivity contribution in [3.05, 3.63) is 58.9 Å². The van der Waals surface area contributed by atoms with Gasteiger partial charge in [0.05, 0.1) is 0 Å². The van der Waals surface area contributed by atoms with Crippen LogP contribution in [0.15, 0.2) is 53.3 Å². The maximum Gasteiger partial charge on any atom is 0.259 e. The third-order valence-corrected chi connectivity index (χ3v) is 6.37. The molecule has 1 aliphatic heterocycles. The third kappa shape index (κ3) is 7.06. The van der Waals surface area contributed by atoms with Crippen LogP contribution in [0.5, 0.6) is 0 Å². The Kier molecular flexibility index (Phi) is 9.70. The lowest BCUT2D eigenvalue weighted by Gasteiger charge is -2.18. The SMILES string of the molecule is CC[C@H](C)C[C@@H](C)/C=C(\C)C[C@H](C)CCC(=O)C1=C(O)[C@H]([C@@H](O)c2ccccc2)NC1=O. The second-order valence-electron chi connectivity index (χ2n) is 9.58. The van der Waals surface area contributed by atoms with E-state index in [1.807, 2.05) is 6.07 Å². The summed E-state index contributed by atoms with van der Waals surface area (Å²) in [5.74, 6) is 0.196. The van der Waals surface area contributed by atoms with Crippen molar-refractivity contribution in [1.82, 2.24) is 5.32 Å². The van der Waals surface area contributed by atoms with E-state index >= 15 is 0 Å². The molecular formula is C27H39NO4. The molecule has 0 radical (unpaired) electrons. The number of ketones is 1. The van der Waals surface area contributed by atoms with Gasteiger partial charge < -0.3 is 15.5 Å². The fraction of sp³-hybridized carbons (Fsp3) is 0.556. The zero-order chi connectivity index (χ0) is 23.8. The van der Waals surface area contributed by atoms with E-state index in [0.717, 1.165) is 6.42 Å². The maximum atomic E-state index is 12.7. The van der Waals surface area contributed by atoms with Crippen molar-refractivity contribution in [3.63, 3.8) is 0 Å². The molecule has 3 N–H and O–H groups in total. The zero-order valence-electron chi connectivity index (χ0n) is 20.1. The Morgan fingerprint density at radius 1 is 1.16 bits per heavy atom. The first-order valence-electron chi connectivity index (χ1n) is 11.8. The molecule has 0 saturated carbocycles. The average molecular weight is 442 g/mol. The van der Waals surface area contributed by atoms with Gasteiger partial charge in [0, 0.05) is 6.42 Å². The molecule has 1 aliphatic rings. The summed E-state index contributed by atoms with van der Waals surface area (Å²) in [4.78, 5) is 25.1. The number of hydrogen-bond donors (Lipinski definition) is 3. The summed E-state index contributed by atoms with van der Waals surface area (Å²) >= 11 is 0. The minimum atomic E-state index is -1.12. The van der Waals surface area contributed by atoms with E-state index < -0.39 is 18.1 Å². The van der Waals surface area contributed by atoms with Crippen LogP contribution in [0.25, 0.3) is 0 Å². The molecule has 176 valence electrons. The van der Waals surface area contributed by atoms with Gasteiger partial charge >= 0.3 is 0 Å². The largest absolute Gasteiger partial charge is 0.509 e. The van der Waals surface area contributed by atoms with Gasteiger partial charge in [0.2, 0.25) is 0 Å². The molecular weight excluding hydrogens is 402 g/mol. The Morgan fingerprint density at radius 2 is 1.81 bits per heavy atom. The number of aliphatic hydroxyl groups is 2. The van der Waals surface area contributed by atoms with Crippen LogP contribution in [0.2, 0.25) is 0 Å². The average Bonchev–Trinajstić information content (AvgIpc) is 3.05. The lowest BCUT2D eigenvalue weighted by atomic mass is 9.90. The van der Waals surface area contributed by atoms with Crippen molar-refractivity contribution >= 4 is 11.7 Å². The van der Waals surface area contributed by atoms with Gasteiger partial charge in [0.15, 0.2) is 5.78 Å². The molecule has 0 aliphatic carbocycles. The van der Waals surface area contributed by atoms with Crippen LogP contribution in [-0.4, -0.2) is 27.9 Å². The molecule has 32 heavy (non-hydrogen) atoms. The number of nitrogens with one attached hydrogen (secondary N) is 1. The molecule has 0 fully saturated rings. The number of allylic oxidation sites excluding steroid dienone is 2. The van der Waals surface area contributed by atoms with Crippen LogP contribution in [-0.2, 0) is 9.59 Å². The highest BCUT2D eigenvalue weighted by Gasteiger charge is 2.39. The Balaban J connectivity index is 1.93. The van der Waals surface area contributed by atoms with Crippen LogP contribution in [0, 0.1) is 17.8 Å². The Morgan fingerprint density at radius 3 is 2.44 bits per heavy atom. The number of hydrogen-bond acceptors (Lipinski definition) is 4. The highest BCUT2D eigenvalue weighted by molar-refractivity contribution is 6.21. The number of carbonyl (C=O) groups is 2. The molecule has 1 amide bonds. The molecule has 2 rings (SSSR count). The molecule has 5 heteroatoms. The lowest BCUT2D eigenvalue weighted by molar-refractivity contribution is -0.122. The van der Waals surface area contributed by atoms with Gasteiger partial charge in [-0.05, 0) is 49.5 Å². The Hall–Kier alpha value is -2.40. The summed E-state index contributed by atoms with van der Waals surface area (Å²) in [5.41, 5.74) is 1.68. The lowest BCUT2D eigenvalue weighted by Crippen LogP contribution is -2.34. The number of amides is 1. The number of Topliss-reactive ketones (excluding diaryl/α,β-unsaturated/α-hetero) is 1. The highest BCUT2D eigenvalue weighted by atomic mass is 16.3. The topological polar surface area (TPSA) is 86.6 Å². The number of benzene rings is 1. The van der Waals surface area contributed by atoms with Crippen LogP contribution < -0.4 is 5.32 Å². The van der Waals surface area contributed by atoms with Gasteiger partial charge in [-0.15, -0.1) is 0 Å². The van der Waals surface area contributed by atoms with E-state index in [4.69, 9.17) is 0 Å². The maximum absolute atomic E-state index is 12.7. The fourth-order valence-corrected chi connectivity index (χ4v) is 4.47. The van der Waals surface area contributed by atoms with E-state index in [2.05, 4.69) is 46.0 Å². The first-order chi connectivity index (χ1) is 15.1. The standard InChI is InChI=1S/C27H39NO4/c1-6-17(2)14-19(4)16-20(5)15-18(3)12-13-22(29)23-26(31)24(28-27(23)32)25(30)21-10-8-7-9-11-21/h7-11,16-19,24-25,30-31H,6,12-15H2,1-5H3,(H,28,32)/b20-16+/t17-,18+,19+,24-,25-/m0/s1. The predicted octanol–water partition coefficient (Wildman–Crippen LogP) is 5.42. The van der Waals surface area contributed by atoms with Crippen molar-refractivity contribution < 1.29 is 19.8 Å². The molecule has 0 spiro atoms. The molecule has 0 aromatic heterocycles. The van der Waals surface area contributed by atoms with Crippen molar-refractivity contribution in [2.45, 2.75) is 78.9 Å². The minimum Gasteiger partial charge on any atom is -0.509 e. The van der Waals surface area contributed by atoms with Crippen molar-refractivity contribution in [3.8, 4) is 0 Å². The van der Waals surface area contributed by atoms with Gasteiger partial charge in [0.1, 0.15) is 23.5 Å². The quantitative estimate of drug-likeness (QED) is 0.298. The van der Waals surface area contributed by atoms with Crippen molar-refractivity contribution in [2.75, 3.05) is 0 Å². The minimum absolute atomic E-state index is 0.192. The molecule has 1 aromatic rings. The number of rotatable bonds is 12. The predicted molar refractivity (Wildman–Crippen MR) is 128 cm³/mol. The van der Waals surface area contributed by atoms with E-state index in [9.17, 15) is 19.8 Å². The molecule has 0 bridgehead atoms. The van der Waals surface area contributed by atoms with Crippen LogP contribution in [0.4, 0.5) is 0 Å². The second kappa shape index (κ2) is 12.0. The highest BCUT2D eigenvalue weighted by Crippen LogP contribution is 2.28. The van der Waals surface area contributed by atoms with E-state index in [1.54, 1.807) is 24.3 Å². The summed E-state index contributed by atoms with van der Waals surface area (Å²) in [6.07, 6.45) is 5.32. The van der Waals surface area contributed by atoms with E-state index in [1.165, 1.54) is 18.4 Å². The Bertz CT molecular complexity index is 842. The zero-order valence-corrected chi connectivity index (χ0v) is 20.1. The summed E-state index contributed by atoms with van der Waals surface area (Å²) in [6.45, 7) is 11.0. The molecule has 1 heterocycles. The summed E-state index contributed by atoms with van der Waals surface area (Å²) in [7, 11) is 0. The molecule has 5 atom stereocenters. The second-order valence-corrected chi connectivity index (χ2v) is 9.58. The third-order valence-electron chi connectivity index (χ3n) is 6.37. The number of aliphatic hydroxyl groups excluding tert-OH is 2. The fourth-order valence-electron chi connectivity index (χ4n) is 4.47. The van der Waals surface area contributed by atoms with Crippen LogP contribution >= 0.6 is 0 Å². The van der Waals surface area contributed by atoms with E-state index in [-0.39, 0.29) is 23.5 Å². The normalized spacial score (nSPS) is 20.6. The summed E-state index contributed by atoms with van der Waals surface area (Å²) in [5, 5.41) is 23.6. The van der Waals surface area contributed by atoms with Gasteiger partial charge in [-0.25, -0.2) is 0 Å². The van der Waals surface area contributed by atoms with Crippen LogP contribution in [0.3, 0.4) is 0 Å². The first-order valence-corrected chi connectivity index (χ1v) is 11.8. The smallest absolute Gasteiger partial charge is 0.259 e. The number of carbonyl (C=O) groups excluding carboxylic acids is 2. The van der Waals surface area contributed by atoms with Gasteiger partial charge in [0.25, 0.3) is 5.91 Å². The Labute approximate surface area is 192 Å². The van der Waals surface area contributed by atoms with Crippen molar-refractivity contribution in [2.24, 2.45) is 17.8 Å². The van der Waals surface area contributed by atoms with Gasteiger partial charge in [-0.1, -0.05) is 76.1 Å². The monoisotopic (exact) mass is 441 g/mol. The van der Waals surface area contributed by atoms with Crippen molar-refractivity contribution in [1.29, 1.82) is 0 Å². The van der Waals surface area contributed by atoms with E-state index in [0.29, 0.717) is 29.7 Å². The van der Waals surface area contributed by atoms with Crippen LogP contribution in [0.1, 0.15) is 78.4 Å². The first kappa shape index (κ1) is 25.9. The molecule has 0 unspecified atom stereocenters. The molecule has 1 aromatic carbocycles. The molecule has 0 saturated heterocycles. The summed E-state index contributed by atoms with van der Waals surface area (Å²) < 4.78 is 0.